The van der Waals surface area contributed by atoms with Crippen LogP contribution in [0.25, 0.3) is 0 Å². The first-order valence-electron chi connectivity index (χ1n) is 9.39. The van der Waals surface area contributed by atoms with Crippen LogP contribution >= 0.6 is 0 Å². The lowest BCUT2D eigenvalue weighted by atomic mass is 9.98. The first-order valence-corrected chi connectivity index (χ1v) is 9.39. The van der Waals surface area contributed by atoms with E-state index in [9.17, 15) is 0 Å². The largest absolute Gasteiger partial charge is 0.379 e. The van der Waals surface area contributed by atoms with Gasteiger partial charge in [-0.3, -0.25) is 14.8 Å². The number of likely N-dealkylation sites (tertiary alicyclic amines) is 1. The molecule has 0 amide bonds. The standard InChI is InChI=1S/C21H27N3O/c1-2-4-18(5-3-1)16-21-20(23-12-14-25-15-13-23)8-11-24(21)17-19-6-9-22-10-7-19/h1-7,9-10,20-21H,8,11-17H2/t20-,21+/m1/s1. The van der Waals surface area contributed by atoms with Crippen molar-refractivity contribution in [1.29, 1.82) is 0 Å². The van der Waals surface area contributed by atoms with Crippen LogP contribution in [0.5, 0.6) is 0 Å². The molecule has 3 heterocycles. The quantitative estimate of drug-likeness (QED) is 0.838. The van der Waals surface area contributed by atoms with Gasteiger partial charge in [-0.2, -0.15) is 0 Å². The third kappa shape index (κ3) is 4.09. The Balaban J connectivity index is 1.52. The van der Waals surface area contributed by atoms with Crippen LogP contribution in [0.3, 0.4) is 0 Å². The van der Waals surface area contributed by atoms with Gasteiger partial charge >= 0.3 is 0 Å². The summed E-state index contributed by atoms with van der Waals surface area (Å²) in [5, 5.41) is 0. The summed E-state index contributed by atoms with van der Waals surface area (Å²) >= 11 is 0. The Labute approximate surface area is 150 Å². The molecule has 2 fully saturated rings. The number of hydrogen-bond donors (Lipinski definition) is 0. The molecule has 2 aliphatic heterocycles. The summed E-state index contributed by atoms with van der Waals surface area (Å²) in [6.07, 6.45) is 6.17. The highest BCUT2D eigenvalue weighted by Gasteiger charge is 2.37. The van der Waals surface area contributed by atoms with Crippen molar-refractivity contribution in [3.05, 3.63) is 66.0 Å². The summed E-state index contributed by atoms with van der Waals surface area (Å²) < 4.78 is 5.57. The Hall–Kier alpha value is -1.75. The predicted molar refractivity (Wildman–Crippen MR) is 99.4 cm³/mol. The van der Waals surface area contributed by atoms with Crippen molar-refractivity contribution in [2.75, 3.05) is 32.8 Å². The third-order valence-corrected chi connectivity index (χ3v) is 5.56. The highest BCUT2D eigenvalue weighted by atomic mass is 16.5. The van der Waals surface area contributed by atoms with Gasteiger partial charge in [-0.05, 0) is 36.1 Å². The van der Waals surface area contributed by atoms with E-state index in [2.05, 4.69) is 57.2 Å². The van der Waals surface area contributed by atoms with Gasteiger partial charge in [-0.15, -0.1) is 0 Å². The van der Waals surface area contributed by atoms with E-state index in [0.29, 0.717) is 12.1 Å². The van der Waals surface area contributed by atoms with Crippen molar-refractivity contribution in [2.24, 2.45) is 0 Å². The van der Waals surface area contributed by atoms with Crippen molar-refractivity contribution in [3.8, 4) is 0 Å². The molecule has 25 heavy (non-hydrogen) atoms. The second-order valence-corrected chi connectivity index (χ2v) is 7.09. The van der Waals surface area contributed by atoms with E-state index < -0.39 is 0 Å². The highest BCUT2D eigenvalue weighted by molar-refractivity contribution is 5.18. The van der Waals surface area contributed by atoms with Crippen molar-refractivity contribution in [1.82, 2.24) is 14.8 Å². The molecule has 0 radical (unpaired) electrons. The van der Waals surface area contributed by atoms with Crippen LogP contribution in [0, 0.1) is 0 Å². The molecule has 2 aromatic rings. The van der Waals surface area contributed by atoms with Gasteiger partial charge in [-0.1, -0.05) is 30.3 Å². The Morgan fingerprint density at radius 2 is 1.68 bits per heavy atom. The third-order valence-electron chi connectivity index (χ3n) is 5.56. The summed E-state index contributed by atoms with van der Waals surface area (Å²) in [4.78, 5) is 9.48. The second kappa shape index (κ2) is 8.09. The van der Waals surface area contributed by atoms with E-state index in [-0.39, 0.29) is 0 Å². The maximum atomic E-state index is 5.57. The average Bonchev–Trinajstić information content (AvgIpc) is 3.06. The summed E-state index contributed by atoms with van der Waals surface area (Å²) in [6, 6.07) is 16.4. The van der Waals surface area contributed by atoms with E-state index in [1.165, 1.54) is 24.1 Å². The molecule has 2 saturated heterocycles. The maximum absolute atomic E-state index is 5.57. The minimum Gasteiger partial charge on any atom is -0.379 e. The van der Waals surface area contributed by atoms with Gasteiger partial charge in [0.25, 0.3) is 0 Å². The van der Waals surface area contributed by atoms with Crippen LogP contribution < -0.4 is 0 Å². The highest BCUT2D eigenvalue weighted by Crippen LogP contribution is 2.28. The van der Waals surface area contributed by atoms with Crippen LogP contribution in [-0.4, -0.2) is 59.7 Å². The van der Waals surface area contributed by atoms with Gasteiger partial charge < -0.3 is 4.74 Å². The van der Waals surface area contributed by atoms with Gasteiger partial charge in [0.05, 0.1) is 13.2 Å². The molecule has 0 spiro atoms. The molecule has 4 nitrogen and oxygen atoms in total. The zero-order chi connectivity index (χ0) is 16.9. The number of nitrogens with zero attached hydrogens (tertiary/aromatic N) is 3. The maximum Gasteiger partial charge on any atom is 0.0594 e. The normalized spacial score (nSPS) is 25.3. The van der Waals surface area contributed by atoms with Gasteiger partial charge in [0.1, 0.15) is 0 Å². The van der Waals surface area contributed by atoms with E-state index in [1.807, 2.05) is 12.4 Å². The summed E-state index contributed by atoms with van der Waals surface area (Å²) in [5.41, 5.74) is 2.79. The Kier molecular flexibility index (Phi) is 5.40. The number of hydrogen-bond acceptors (Lipinski definition) is 4. The van der Waals surface area contributed by atoms with E-state index in [4.69, 9.17) is 4.74 Å². The monoisotopic (exact) mass is 337 g/mol. The number of rotatable bonds is 5. The molecular weight excluding hydrogens is 310 g/mol. The number of ether oxygens (including phenoxy) is 1. The molecule has 1 aromatic heterocycles. The summed E-state index contributed by atoms with van der Waals surface area (Å²) in [7, 11) is 0. The molecule has 0 aliphatic carbocycles. The van der Waals surface area contributed by atoms with Crippen LogP contribution in [0.15, 0.2) is 54.9 Å². The Morgan fingerprint density at radius 3 is 2.44 bits per heavy atom. The average molecular weight is 337 g/mol. The number of benzene rings is 1. The molecule has 4 heteroatoms. The molecule has 0 unspecified atom stereocenters. The Bertz CT molecular complexity index is 643. The van der Waals surface area contributed by atoms with E-state index >= 15 is 0 Å². The Morgan fingerprint density at radius 1 is 0.920 bits per heavy atom. The van der Waals surface area contributed by atoms with Gasteiger partial charge in [0, 0.05) is 50.7 Å². The minimum absolute atomic E-state index is 0.564. The lowest BCUT2D eigenvalue weighted by Crippen LogP contribution is -2.50. The molecule has 2 atom stereocenters. The predicted octanol–water partition coefficient (Wildman–Crippen LogP) is 2.60. The first-order chi connectivity index (χ1) is 12.4. The van der Waals surface area contributed by atoms with Crippen molar-refractivity contribution in [3.63, 3.8) is 0 Å². The fourth-order valence-electron chi connectivity index (χ4n) is 4.27. The van der Waals surface area contributed by atoms with Gasteiger partial charge in [-0.25, -0.2) is 0 Å². The lowest BCUT2D eigenvalue weighted by molar-refractivity contribution is 0.00789. The molecule has 0 saturated carbocycles. The minimum atomic E-state index is 0.564. The second-order valence-electron chi connectivity index (χ2n) is 7.09. The van der Waals surface area contributed by atoms with Gasteiger partial charge in [0.2, 0.25) is 0 Å². The molecular formula is C21H27N3O. The number of aromatic nitrogens is 1. The molecule has 132 valence electrons. The summed E-state index contributed by atoms with van der Waals surface area (Å²) in [6.45, 7) is 6.07. The zero-order valence-corrected chi connectivity index (χ0v) is 14.8. The number of pyridine rings is 1. The molecule has 1 aromatic carbocycles. The SMILES string of the molecule is c1ccc(C[C@H]2[C@H](N3CCOCC3)CCN2Cc2ccncc2)cc1. The smallest absolute Gasteiger partial charge is 0.0594 e. The fourth-order valence-corrected chi connectivity index (χ4v) is 4.27. The molecule has 0 bridgehead atoms. The first kappa shape index (κ1) is 16.7. The lowest BCUT2D eigenvalue weighted by Gasteiger charge is -2.37. The number of morpholine rings is 1. The fraction of sp³-hybridized carbons (Fsp3) is 0.476. The van der Waals surface area contributed by atoms with Crippen molar-refractivity contribution >= 4 is 0 Å². The van der Waals surface area contributed by atoms with Crippen LogP contribution in [0.1, 0.15) is 17.5 Å². The van der Waals surface area contributed by atoms with E-state index in [1.54, 1.807) is 0 Å². The van der Waals surface area contributed by atoms with Crippen molar-refractivity contribution in [2.45, 2.75) is 31.5 Å². The van der Waals surface area contributed by atoms with Crippen LogP contribution in [0.2, 0.25) is 0 Å². The van der Waals surface area contributed by atoms with Crippen LogP contribution in [0.4, 0.5) is 0 Å². The summed E-state index contributed by atoms with van der Waals surface area (Å²) in [5.74, 6) is 0. The van der Waals surface area contributed by atoms with Gasteiger partial charge in [0.15, 0.2) is 0 Å². The zero-order valence-electron chi connectivity index (χ0n) is 14.8. The molecule has 4 rings (SSSR count). The topological polar surface area (TPSA) is 28.6 Å². The molecule has 2 aliphatic rings. The molecule has 0 N–H and O–H groups in total. The van der Waals surface area contributed by atoms with Crippen LogP contribution in [-0.2, 0) is 17.7 Å². The van der Waals surface area contributed by atoms with Crippen molar-refractivity contribution < 1.29 is 4.74 Å². The van der Waals surface area contributed by atoms with E-state index in [0.717, 1.165) is 39.3 Å².